The second-order valence-corrected chi connectivity index (χ2v) is 6.03. The van der Waals surface area contributed by atoms with Crippen LogP contribution in [0.4, 0.5) is 4.39 Å². The first-order valence-corrected chi connectivity index (χ1v) is 7.28. The highest BCUT2D eigenvalue weighted by Crippen LogP contribution is 2.28. The fourth-order valence-electron chi connectivity index (χ4n) is 1.74. The Labute approximate surface area is 117 Å². The van der Waals surface area contributed by atoms with Crippen molar-refractivity contribution in [3.05, 3.63) is 34.1 Å². The number of halogens is 2. The van der Waals surface area contributed by atoms with Crippen molar-refractivity contribution in [1.29, 1.82) is 5.26 Å². The predicted octanol–water partition coefficient (Wildman–Crippen LogP) is 2.72. The van der Waals surface area contributed by atoms with Gasteiger partial charge in [0, 0.05) is 10.2 Å². The number of rotatable bonds is 2. The fourth-order valence-corrected chi connectivity index (χ4v) is 3.43. The van der Waals surface area contributed by atoms with Crippen LogP contribution in [0.25, 0.3) is 0 Å². The first-order chi connectivity index (χ1) is 8.56. The van der Waals surface area contributed by atoms with E-state index in [0.717, 1.165) is 11.8 Å². The van der Waals surface area contributed by atoms with E-state index in [1.54, 1.807) is 11.8 Å². The molecule has 6 heteroatoms. The number of nitrogens with zero attached hydrogens (tertiary/aromatic N) is 1. The van der Waals surface area contributed by atoms with Gasteiger partial charge in [0.2, 0.25) is 0 Å². The van der Waals surface area contributed by atoms with Crippen LogP contribution >= 0.6 is 27.7 Å². The van der Waals surface area contributed by atoms with Gasteiger partial charge in [0.1, 0.15) is 11.4 Å². The molecular formula is C12H10BrFN2OS. The van der Waals surface area contributed by atoms with Crippen LogP contribution in [0.5, 0.6) is 0 Å². The Balaban J connectivity index is 2.22. The molecule has 0 bridgehead atoms. The van der Waals surface area contributed by atoms with E-state index in [1.807, 2.05) is 0 Å². The van der Waals surface area contributed by atoms with E-state index in [4.69, 9.17) is 0 Å². The molecule has 0 radical (unpaired) electrons. The van der Waals surface area contributed by atoms with Crippen molar-refractivity contribution in [1.82, 2.24) is 5.32 Å². The van der Waals surface area contributed by atoms with Crippen LogP contribution in [0.3, 0.4) is 0 Å². The van der Waals surface area contributed by atoms with Crippen LogP contribution in [0.1, 0.15) is 16.8 Å². The van der Waals surface area contributed by atoms with Crippen LogP contribution in [-0.2, 0) is 0 Å². The summed E-state index contributed by atoms with van der Waals surface area (Å²) in [7, 11) is 0. The van der Waals surface area contributed by atoms with E-state index in [-0.39, 0.29) is 5.56 Å². The Morgan fingerprint density at radius 2 is 2.39 bits per heavy atom. The summed E-state index contributed by atoms with van der Waals surface area (Å²) in [5.41, 5.74) is -0.616. The second-order valence-electron chi connectivity index (χ2n) is 4.07. The summed E-state index contributed by atoms with van der Waals surface area (Å²) in [4.78, 5) is 12.1. The molecule has 94 valence electrons. The molecule has 1 amide bonds. The number of carbonyl (C=O) groups is 1. The van der Waals surface area contributed by atoms with E-state index in [1.165, 1.54) is 12.1 Å². The van der Waals surface area contributed by atoms with E-state index in [9.17, 15) is 14.4 Å². The van der Waals surface area contributed by atoms with Gasteiger partial charge in [-0.1, -0.05) is 0 Å². The van der Waals surface area contributed by atoms with Gasteiger partial charge in [-0.15, -0.1) is 0 Å². The number of amides is 1. The predicted molar refractivity (Wildman–Crippen MR) is 71.9 cm³/mol. The van der Waals surface area contributed by atoms with Crippen LogP contribution in [-0.4, -0.2) is 23.0 Å². The molecule has 0 saturated carbocycles. The van der Waals surface area contributed by atoms with Crippen LogP contribution in [0.2, 0.25) is 0 Å². The molecule has 0 aliphatic carbocycles. The Morgan fingerprint density at radius 1 is 1.61 bits per heavy atom. The van der Waals surface area contributed by atoms with Crippen molar-refractivity contribution in [3.8, 4) is 6.07 Å². The van der Waals surface area contributed by atoms with E-state index in [2.05, 4.69) is 27.3 Å². The molecule has 1 fully saturated rings. The summed E-state index contributed by atoms with van der Waals surface area (Å²) >= 11 is 4.83. The number of benzene rings is 1. The third-order valence-electron chi connectivity index (χ3n) is 2.76. The van der Waals surface area contributed by atoms with Crippen molar-refractivity contribution in [2.45, 2.75) is 12.0 Å². The smallest absolute Gasteiger partial charge is 0.253 e. The Morgan fingerprint density at radius 3 is 3.00 bits per heavy atom. The highest BCUT2D eigenvalue weighted by molar-refractivity contribution is 9.10. The van der Waals surface area contributed by atoms with Crippen molar-refractivity contribution in [3.63, 3.8) is 0 Å². The van der Waals surface area contributed by atoms with Crippen molar-refractivity contribution < 1.29 is 9.18 Å². The van der Waals surface area contributed by atoms with Crippen LogP contribution in [0, 0.1) is 17.1 Å². The SMILES string of the molecule is N#CC1(NC(=O)c2cc(F)ccc2Br)CCSC1. The number of hydrogen-bond donors (Lipinski definition) is 1. The molecular weight excluding hydrogens is 319 g/mol. The van der Waals surface area contributed by atoms with E-state index >= 15 is 0 Å². The lowest BCUT2D eigenvalue weighted by Gasteiger charge is -2.21. The average molecular weight is 329 g/mol. The van der Waals surface area contributed by atoms with Gasteiger partial charge < -0.3 is 5.32 Å². The molecule has 2 rings (SSSR count). The molecule has 1 heterocycles. The maximum Gasteiger partial charge on any atom is 0.253 e. The number of hydrogen-bond acceptors (Lipinski definition) is 3. The van der Waals surface area contributed by atoms with E-state index < -0.39 is 17.3 Å². The Hall–Kier alpha value is -1.06. The molecule has 0 aromatic heterocycles. The van der Waals surface area contributed by atoms with Gasteiger partial charge in [-0.05, 0) is 46.3 Å². The van der Waals surface area contributed by atoms with Gasteiger partial charge >= 0.3 is 0 Å². The summed E-state index contributed by atoms with van der Waals surface area (Å²) in [5.74, 6) is 0.515. The molecule has 1 unspecified atom stereocenters. The normalized spacial score (nSPS) is 22.5. The maximum absolute atomic E-state index is 13.1. The van der Waals surface area contributed by atoms with Crippen molar-refractivity contribution >= 4 is 33.6 Å². The van der Waals surface area contributed by atoms with Crippen LogP contribution in [0.15, 0.2) is 22.7 Å². The van der Waals surface area contributed by atoms with Gasteiger partial charge in [0.05, 0.1) is 11.6 Å². The molecule has 1 saturated heterocycles. The van der Waals surface area contributed by atoms with Gasteiger partial charge in [-0.3, -0.25) is 4.79 Å². The number of thioether (sulfide) groups is 1. The minimum Gasteiger partial charge on any atom is -0.333 e. The molecule has 1 N–H and O–H groups in total. The Kier molecular flexibility index (Phi) is 3.93. The number of nitrogens with one attached hydrogen (secondary N) is 1. The van der Waals surface area contributed by atoms with Gasteiger partial charge in [0.25, 0.3) is 5.91 Å². The largest absolute Gasteiger partial charge is 0.333 e. The summed E-state index contributed by atoms with van der Waals surface area (Å²) in [6.07, 6.45) is 0.618. The first kappa shape index (κ1) is 13.4. The van der Waals surface area contributed by atoms with Gasteiger partial charge in [-0.25, -0.2) is 4.39 Å². The lowest BCUT2D eigenvalue weighted by Crippen LogP contribution is -2.47. The second kappa shape index (κ2) is 5.29. The number of nitriles is 1. The summed E-state index contributed by atoms with van der Waals surface area (Å²) in [6, 6.07) is 6.06. The highest BCUT2D eigenvalue weighted by atomic mass is 79.9. The fraction of sp³-hybridized carbons (Fsp3) is 0.333. The third-order valence-corrected chi connectivity index (χ3v) is 4.64. The van der Waals surface area contributed by atoms with Crippen LogP contribution < -0.4 is 5.32 Å². The summed E-state index contributed by atoms with van der Waals surface area (Å²) < 4.78 is 13.6. The van der Waals surface area contributed by atoms with E-state index in [0.29, 0.717) is 16.6 Å². The third kappa shape index (κ3) is 2.68. The van der Waals surface area contributed by atoms with Crippen molar-refractivity contribution in [2.75, 3.05) is 11.5 Å². The van der Waals surface area contributed by atoms with Crippen molar-refractivity contribution in [2.24, 2.45) is 0 Å². The average Bonchev–Trinajstić information content (AvgIpc) is 2.81. The Bertz CT molecular complexity index is 523. The molecule has 1 aliphatic rings. The molecule has 0 spiro atoms. The topological polar surface area (TPSA) is 52.9 Å². The number of carbonyl (C=O) groups excluding carboxylic acids is 1. The lowest BCUT2D eigenvalue weighted by molar-refractivity contribution is 0.0925. The zero-order valence-corrected chi connectivity index (χ0v) is 11.8. The lowest BCUT2D eigenvalue weighted by atomic mass is 10.0. The first-order valence-electron chi connectivity index (χ1n) is 5.33. The molecule has 1 aromatic rings. The zero-order valence-electron chi connectivity index (χ0n) is 9.37. The maximum atomic E-state index is 13.1. The molecule has 1 aliphatic heterocycles. The standard InChI is InChI=1S/C12H10BrFN2OS/c13-10-2-1-8(14)5-9(10)11(17)16-12(6-15)3-4-18-7-12/h1-2,5H,3-4,7H2,(H,16,17). The van der Waals surface area contributed by atoms with Gasteiger partial charge in [0.15, 0.2) is 0 Å². The molecule has 18 heavy (non-hydrogen) atoms. The molecule has 3 nitrogen and oxygen atoms in total. The highest BCUT2D eigenvalue weighted by Gasteiger charge is 2.36. The zero-order chi connectivity index (χ0) is 13.2. The quantitative estimate of drug-likeness (QED) is 0.908. The monoisotopic (exact) mass is 328 g/mol. The van der Waals surface area contributed by atoms with Gasteiger partial charge in [-0.2, -0.15) is 17.0 Å². The molecule has 1 atom stereocenters. The summed E-state index contributed by atoms with van der Waals surface area (Å²) in [5, 5.41) is 11.9. The molecule has 1 aromatic carbocycles. The summed E-state index contributed by atoms with van der Waals surface area (Å²) in [6.45, 7) is 0. The minimum absolute atomic E-state index is 0.210. The minimum atomic E-state index is -0.826.